The first-order chi connectivity index (χ1) is 9.16. The van der Waals surface area contributed by atoms with Crippen LogP contribution >= 0.6 is 0 Å². The topological polar surface area (TPSA) is 28.2 Å². The van der Waals surface area contributed by atoms with Crippen molar-refractivity contribution in [2.24, 2.45) is 0 Å². The smallest absolute Gasteiger partial charge is 0.141 e. The molecule has 1 aromatic heterocycles. The molecule has 2 rings (SSSR count). The zero-order valence-corrected chi connectivity index (χ0v) is 12.0. The van der Waals surface area contributed by atoms with E-state index in [1.54, 1.807) is 6.07 Å². The lowest BCUT2D eigenvalue weighted by molar-refractivity contribution is 0.576. The van der Waals surface area contributed by atoms with Gasteiger partial charge in [-0.05, 0) is 18.9 Å². The van der Waals surface area contributed by atoms with Crippen LogP contribution in [0.5, 0.6) is 0 Å². The second kappa shape index (κ2) is 6.85. The van der Waals surface area contributed by atoms with Crippen molar-refractivity contribution in [3.63, 3.8) is 0 Å². The number of halogens is 1. The quantitative estimate of drug-likeness (QED) is 0.906. The summed E-state index contributed by atoms with van der Waals surface area (Å²) in [6.45, 7) is 6.94. The van der Waals surface area contributed by atoms with Crippen LogP contribution in [0.1, 0.15) is 45.1 Å². The Morgan fingerprint density at radius 2 is 1.95 bits per heavy atom. The molecule has 106 valence electrons. The SMILES string of the molecule is CC(C)NCc1cc(F)cnc1N1CCCCCC1. The van der Waals surface area contributed by atoms with Crippen molar-refractivity contribution in [2.45, 2.75) is 52.1 Å². The fourth-order valence-electron chi connectivity index (χ4n) is 2.49. The third-order valence-electron chi connectivity index (χ3n) is 3.52. The van der Waals surface area contributed by atoms with Crippen LogP contribution < -0.4 is 10.2 Å². The van der Waals surface area contributed by atoms with E-state index < -0.39 is 0 Å². The molecular weight excluding hydrogens is 241 g/mol. The lowest BCUT2D eigenvalue weighted by Crippen LogP contribution is -2.29. The second-order valence-corrected chi connectivity index (χ2v) is 5.57. The number of aromatic nitrogens is 1. The van der Waals surface area contributed by atoms with Crippen LogP contribution in [-0.2, 0) is 6.54 Å². The first-order valence-electron chi connectivity index (χ1n) is 7.29. The third-order valence-corrected chi connectivity index (χ3v) is 3.52. The highest BCUT2D eigenvalue weighted by Gasteiger charge is 2.15. The number of nitrogens with zero attached hydrogens (tertiary/aromatic N) is 2. The molecule has 19 heavy (non-hydrogen) atoms. The maximum Gasteiger partial charge on any atom is 0.141 e. The Morgan fingerprint density at radius 3 is 2.58 bits per heavy atom. The van der Waals surface area contributed by atoms with Crippen LogP contribution in [0.15, 0.2) is 12.3 Å². The van der Waals surface area contributed by atoms with Crippen LogP contribution in [0, 0.1) is 5.82 Å². The standard InChI is InChI=1S/C15H24FN3/c1-12(2)17-10-13-9-14(16)11-18-15(13)19-7-5-3-4-6-8-19/h9,11-12,17H,3-8,10H2,1-2H3. The first kappa shape index (κ1) is 14.3. The van der Waals surface area contributed by atoms with Crippen LogP contribution in [0.4, 0.5) is 10.2 Å². The molecule has 0 spiro atoms. The number of rotatable bonds is 4. The van der Waals surface area contributed by atoms with Gasteiger partial charge in [-0.2, -0.15) is 0 Å². The fourth-order valence-corrected chi connectivity index (χ4v) is 2.49. The average Bonchev–Trinajstić information content (AvgIpc) is 2.65. The molecule has 2 heterocycles. The van der Waals surface area contributed by atoms with E-state index in [9.17, 15) is 4.39 Å². The van der Waals surface area contributed by atoms with Gasteiger partial charge in [-0.1, -0.05) is 26.7 Å². The van der Waals surface area contributed by atoms with Crippen molar-refractivity contribution >= 4 is 5.82 Å². The molecule has 0 bridgehead atoms. The summed E-state index contributed by atoms with van der Waals surface area (Å²) in [5.41, 5.74) is 0.968. The predicted molar refractivity (Wildman–Crippen MR) is 76.9 cm³/mol. The number of pyridine rings is 1. The van der Waals surface area contributed by atoms with E-state index in [1.807, 2.05) is 0 Å². The molecule has 1 saturated heterocycles. The molecule has 4 heteroatoms. The minimum atomic E-state index is -0.251. The third kappa shape index (κ3) is 4.16. The maximum atomic E-state index is 13.4. The van der Waals surface area contributed by atoms with Gasteiger partial charge in [0.1, 0.15) is 11.6 Å². The van der Waals surface area contributed by atoms with E-state index in [1.165, 1.54) is 31.9 Å². The van der Waals surface area contributed by atoms with Gasteiger partial charge in [0.25, 0.3) is 0 Å². The van der Waals surface area contributed by atoms with E-state index >= 15 is 0 Å². The summed E-state index contributed by atoms with van der Waals surface area (Å²) in [4.78, 5) is 6.64. The molecule has 0 saturated carbocycles. The molecule has 0 radical (unpaired) electrons. The van der Waals surface area contributed by atoms with Crippen LogP contribution in [-0.4, -0.2) is 24.1 Å². The van der Waals surface area contributed by atoms with Crippen molar-refractivity contribution in [1.82, 2.24) is 10.3 Å². The van der Waals surface area contributed by atoms with E-state index in [-0.39, 0.29) is 5.82 Å². The molecule has 0 amide bonds. The molecule has 0 atom stereocenters. The molecule has 1 aromatic rings. The Kier molecular flexibility index (Phi) is 5.14. The van der Waals surface area contributed by atoms with Gasteiger partial charge < -0.3 is 10.2 Å². The zero-order chi connectivity index (χ0) is 13.7. The van der Waals surface area contributed by atoms with Gasteiger partial charge in [0, 0.05) is 31.2 Å². The van der Waals surface area contributed by atoms with Crippen molar-refractivity contribution in [3.05, 3.63) is 23.6 Å². The van der Waals surface area contributed by atoms with Crippen molar-refractivity contribution < 1.29 is 4.39 Å². The Hall–Kier alpha value is -1.16. The highest BCUT2D eigenvalue weighted by Crippen LogP contribution is 2.22. The van der Waals surface area contributed by atoms with Gasteiger partial charge >= 0.3 is 0 Å². The molecule has 1 aliphatic heterocycles. The molecule has 1 N–H and O–H groups in total. The zero-order valence-electron chi connectivity index (χ0n) is 12.0. The molecule has 1 aliphatic rings. The van der Waals surface area contributed by atoms with Gasteiger partial charge in [0.05, 0.1) is 6.20 Å². The number of hydrogen-bond donors (Lipinski definition) is 1. The van der Waals surface area contributed by atoms with E-state index in [4.69, 9.17) is 0 Å². The van der Waals surface area contributed by atoms with Gasteiger partial charge in [0.2, 0.25) is 0 Å². The lowest BCUT2D eigenvalue weighted by atomic mass is 10.2. The average molecular weight is 265 g/mol. The van der Waals surface area contributed by atoms with Crippen molar-refractivity contribution in [3.8, 4) is 0 Å². The Labute approximate surface area is 115 Å². The fraction of sp³-hybridized carbons (Fsp3) is 0.667. The maximum absolute atomic E-state index is 13.4. The summed E-state index contributed by atoms with van der Waals surface area (Å²) < 4.78 is 13.4. The summed E-state index contributed by atoms with van der Waals surface area (Å²) in [5, 5.41) is 3.35. The van der Waals surface area contributed by atoms with Crippen molar-refractivity contribution in [2.75, 3.05) is 18.0 Å². The largest absolute Gasteiger partial charge is 0.356 e. The van der Waals surface area contributed by atoms with Gasteiger partial charge in [-0.15, -0.1) is 0 Å². The predicted octanol–water partition coefficient (Wildman–Crippen LogP) is 3.10. The van der Waals surface area contributed by atoms with Crippen LogP contribution in [0.3, 0.4) is 0 Å². The summed E-state index contributed by atoms with van der Waals surface area (Å²) in [6.07, 6.45) is 6.32. The van der Waals surface area contributed by atoms with Gasteiger partial charge in [0.15, 0.2) is 0 Å². The lowest BCUT2D eigenvalue weighted by Gasteiger charge is -2.24. The Morgan fingerprint density at radius 1 is 1.26 bits per heavy atom. The van der Waals surface area contributed by atoms with Crippen LogP contribution in [0.2, 0.25) is 0 Å². The highest BCUT2D eigenvalue weighted by molar-refractivity contribution is 5.47. The number of hydrogen-bond acceptors (Lipinski definition) is 3. The van der Waals surface area contributed by atoms with Gasteiger partial charge in [-0.25, -0.2) is 9.37 Å². The van der Waals surface area contributed by atoms with E-state index in [0.717, 1.165) is 24.5 Å². The molecule has 0 unspecified atom stereocenters. The minimum absolute atomic E-state index is 0.251. The summed E-state index contributed by atoms with van der Waals surface area (Å²) >= 11 is 0. The number of anilines is 1. The summed E-state index contributed by atoms with van der Waals surface area (Å²) in [7, 11) is 0. The molecular formula is C15H24FN3. The van der Waals surface area contributed by atoms with Crippen LogP contribution in [0.25, 0.3) is 0 Å². The van der Waals surface area contributed by atoms with E-state index in [0.29, 0.717) is 12.6 Å². The Bertz CT molecular complexity index is 398. The van der Waals surface area contributed by atoms with Gasteiger partial charge in [-0.3, -0.25) is 0 Å². The van der Waals surface area contributed by atoms with E-state index in [2.05, 4.69) is 29.0 Å². The summed E-state index contributed by atoms with van der Waals surface area (Å²) in [6, 6.07) is 2.00. The molecule has 3 nitrogen and oxygen atoms in total. The van der Waals surface area contributed by atoms with Crippen molar-refractivity contribution in [1.29, 1.82) is 0 Å². The second-order valence-electron chi connectivity index (χ2n) is 5.57. The number of nitrogens with one attached hydrogen (secondary N) is 1. The Balaban J connectivity index is 2.17. The normalized spacial score (nSPS) is 16.7. The monoisotopic (exact) mass is 265 g/mol. The molecule has 0 aliphatic carbocycles. The molecule has 0 aromatic carbocycles. The summed E-state index contributed by atoms with van der Waals surface area (Å²) in [5.74, 6) is 0.704. The first-order valence-corrected chi connectivity index (χ1v) is 7.29. The highest BCUT2D eigenvalue weighted by atomic mass is 19.1. The minimum Gasteiger partial charge on any atom is -0.356 e. The molecule has 1 fully saturated rings.